The number of rotatable bonds is 2. The van der Waals surface area contributed by atoms with Crippen LogP contribution in [0.1, 0.15) is 73.8 Å². The molecule has 0 fully saturated rings. The molecule has 2 aromatic rings. The molecule has 2 aliphatic rings. The summed E-state index contributed by atoms with van der Waals surface area (Å²) in [4.78, 5) is 24.3. The van der Waals surface area contributed by atoms with E-state index in [-0.39, 0.29) is 28.5 Å². The summed E-state index contributed by atoms with van der Waals surface area (Å²) in [5, 5.41) is 9.52. The molecule has 0 amide bonds. The van der Waals surface area contributed by atoms with Crippen LogP contribution in [0.4, 0.5) is 13.2 Å². The van der Waals surface area contributed by atoms with Crippen molar-refractivity contribution >= 4 is 17.1 Å². The van der Waals surface area contributed by atoms with E-state index in [1.807, 2.05) is 27.7 Å². The molecule has 2 atom stereocenters. The highest BCUT2D eigenvalue weighted by atomic mass is 19.4. The number of aromatic carboxylic acids is 1. The smallest absolute Gasteiger partial charge is 0.416 e. The summed E-state index contributed by atoms with van der Waals surface area (Å²) in [5.41, 5.74) is 0.638. The molecule has 7 heteroatoms. The van der Waals surface area contributed by atoms with Crippen LogP contribution in [0.2, 0.25) is 0 Å². The molecule has 1 aromatic carbocycles. The molecule has 4 rings (SSSR count). The van der Waals surface area contributed by atoms with Crippen molar-refractivity contribution in [2.24, 2.45) is 11.3 Å². The summed E-state index contributed by atoms with van der Waals surface area (Å²) < 4.78 is 43.4. The van der Waals surface area contributed by atoms with E-state index in [1.165, 1.54) is 24.4 Å². The highest BCUT2D eigenvalue weighted by Crippen LogP contribution is 2.51. The Labute approximate surface area is 190 Å². The number of halogens is 3. The van der Waals surface area contributed by atoms with Gasteiger partial charge in [-0.3, -0.25) is 4.79 Å². The SMILES string of the molecule is CC1C=C2CC(C(C)(C)C)n3cc(C(=O)O)c(=O)cc3C2=C(c2ccccc2C(F)(F)F)C1. The number of fused-ring (bicyclic) bond motifs is 3. The van der Waals surface area contributed by atoms with Gasteiger partial charge in [-0.25, -0.2) is 4.79 Å². The predicted molar refractivity (Wildman–Crippen MR) is 121 cm³/mol. The Morgan fingerprint density at radius 3 is 2.39 bits per heavy atom. The predicted octanol–water partition coefficient (Wildman–Crippen LogP) is 6.43. The van der Waals surface area contributed by atoms with Crippen molar-refractivity contribution in [3.8, 4) is 0 Å². The summed E-state index contributed by atoms with van der Waals surface area (Å²) in [6.45, 7) is 8.06. The quantitative estimate of drug-likeness (QED) is 0.565. The number of allylic oxidation sites excluding steroid dienone is 4. The first kappa shape index (κ1) is 23.1. The first-order valence-electron chi connectivity index (χ1n) is 10.9. The Morgan fingerprint density at radius 1 is 1.12 bits per heavy atom. The zero-order valence-corrected chi connectivity index (χ0v) is 19.0. The van der Waals surface area contributed by atoms with Crippen molar-refractivity contribution in [2.45, 2.75) is 52.8 Å². The number of benzene rings is 1. The van der Waals surface area contributed by atoms with Crippen LogP contribution in [0.15, 0.2) is 53.0 Å². The number of hydrogen-bond acceptors (Lipinski definition) is 2. The van der Waals surface area contributed by atoms with E-state index in [0.717, 1.165) is 11.6 Å². The molecule has 0 radical (unpaired) electrons. The highest BCUT2D eigenvalue weighted by Gasteiger charge is 2.40. The molecule has 2 unspecified atom stereocenters. The molecule has 1 N–H and O–H groups in total. The van der Waals surface area contributed by atoms with Crippen LogP contribution in [0.5, 0.6) is 0 Å². The molecule has 1 aromatic heterocycles. The van der Waals surface area contributed by atoms with Gasteiger partial charge in [0.05, 0.1) is 11.3 Å². The Bertz CT molecular complexity index is 1260. The highest BCUT2D eigenvalue weighted by molar-refractivity contribution is 6.00. The lowest BCUT2D eigenvalue weighted by atomic mass is 9.72. The molecule has 2 heterocycles. The summed E-state index contributed by atoms with van der Waals surface area (Å²) in [6, 6.07) is 6.62. The largest absolute Gasteiger partial charge is 0.477 e. The third kappa shape index (κ3) is 4.05. The van der Waals surface area contributed by atoms with Gasteiger partial charge in [-0.2, -0.15) is 13.2 Å². The molecule has 0 saturated heterocycles. The van der Waals surface area contributed by atoms with Gasteiger partial charge in [-0.1, -0.05) is 52.0 Å². The fraction of sp³-hybridized carbons (Fsp3) is 0.385. The molecular formula is C26H26F3NO3. The van der Waals surface area contributed by atoms with Crippen molar-refractivity contribution < 1.29 is 23.1 Å². The van der Waals surface area contributed by atoms with Gasteiger partial charge in [-0.05, 0) is 47.0 Å². The maximum Gasteiger partial charge on any atom is 0.416 e. The molecular weight excluding hydrogens is 431 g/mol. The molecule has 0 saturated carbocycles. The van der Waals surface area contributed by atoms with Crippen molar-refractivity contribution in [1.29, 1.82) is 0 Å². The maximum absolute atomic E-state index is 13.9. The van der Waals surface area contributed by atoms with Gasteiger partial charge < -0.3 is 9.67 Å². The Hall–Kier alpha value is -3.09. The molecule has 33 heavy (non-hydrogen) atoms. The number of carboxylic acids is 1. The van der Waals surface area contributed by atoms with Gasteiger partial charge in [0.25, 0.3) is 0 Å². The van der Waals surface area contributed by atoms with E-state index in [2.05, 4.69) is 6.08 Å². The van der Waals surface area contributed by atoms with E-state index in [1.54, 1.807) is 10.6 Å². The van der Waals surface area contributed by atoms with Crippen molar-refractivity contribution in [3.05, 3.63) is 80.8 Å². The van der Waals surface area contributed by atoms with Crippen LogP contribution >= 0.6 is 0 Å². The lowest BCUT2D eigenvalue weighted by molar-refractivity contribution is -0.137. The molecule has 0 spiro atoms. The van der Waals surface area contributed by atoms with E-state index < -0.39 is 23.1 Å². The second-order valence-electron chi connectivity index (χ2n) is 10.0. The minimum Gasteiger partial charge on any atom is -0.477 e. The summed E-state index contributed by atoms with van der Waals surface area (Å²) in [5.74, 6) is -1.30. The van der Waals surface area contributed by atoms with Crippen LogP contribution < -0.4 is 5.43 Å². The average Bonchev–Trinajstić information content (AvgIpc) is 2.70. The lowest BCUT2D eigenvalue weighted by Crippen LogP contribution is -2.34. The number of hydrogen-bond donors (Lipinski definition) is 1. The topological polar surface area (TPSA) is 59.3 Å². The first-order valence-corrected chi connectivity index (χ1v) is 10.9. The number of nitrogens with zero attached hydrogens (tertiary/aromatic N) is 1. The molecule has 4 nitrogen and oxygen atoms in total. The van der Waals surface area contributed by atoms with Crippen LogP contribution in [0.25, 0.3) is 11.1 Å². The number of carbonyl (C=O) groups is 1. The summed E-state index contributed by atoms with van der Waals surface area (Å²) >= 11 is 0. The third-order valence-electron chi connectivity index (χ3n) is 6.51. The Morgan fingerprint density at radius 2 is 1.79 bits per heavy atom. The molecule has 0 bridgehead atoms. The lowest BCUT2D eigenvalue weighted by Gasteiger charge is -2.42. The number of pyridine rings is 1. The molecule has 174 valence electrons. The first-order chi connectivity index (χ1) is 15.3. The monoisotopic (exact) mass is 457 g/mol. The zero-order valence-electron chi connectivity index (χ0n) is 19.0. The van der Waals surface area contributed by atoms with E-state index in [4.69, 9.17) is 0 Å². The average molecular weight is 457 g/mol. The Kier molecular flexibility index (Phi) is 5.42. The minimum absolute atomic E-state index is 0.0252. The van der Waals surface area contributed by atoms with E-state index in [0.29, 0.717) is 29.7 Å². The van der Waals surface area contributed by atoms with Gasteiger partial charge >= 0.3 is 12.1 Å². The van der Waals surface area contributed by atoms with Crippen molar-refractivity contribution in [2.75, 3.05) is 0 Å². The fourth-order valence-electron chi connectivity index (χ4n) is 5.03. The third-order valence-corrected chi connectivity index (χ3v) is 6.51. The normalized spacial score (nSPS) is 20.8. The van der Waals surface area contributed by atoms with Crippen LogP contribution in [0, 0.1) is 11.3 Å². The van der Waals surface area contributed by atoms with Gasteiger partial charge in [0.15, 0.2) is 5.43 Å². The maximum atomic E-state index is 13.9. The van der Waals surface area contributed by atoms with Crippen LogP contribution in [-0.4, -0.2) is 15.6 Å². The zero-order chi connectivity index (χ0) is 24.3. The fourth-order valence-corrected chi connectivity index (χ4v) is 5.03. The number of carboxylic acid groups (broad SMARTS) is 1. The van der Waals surface area contributed by atoms with Crippen molar-refractivity contribution in [1.82, 2.24) is 4.57 Å². The van der Waals surface area contributed by atoms with Crippen LogP contribution in [-0.2, 0) is 6.18 Å². The van der Waals surface area contributed by atoms with Gasteiger partial charge in [0, 0.05) is 23.9 Å². The second kappa shape index (κ2) is 7.75. The number of alkyl halides is 3. The van der Waals surface area contributed by atoms with Crippen molar-refractivity contribution in [3.63, 3.8) is 0 Å². The molecule has 1 aliphatic heterocycles. The minimum atomic E-state index is -4.52. The standard InChI is InChI=1S/C26H26F3NO3/c1-14-9-15-11-22(25(2,3)4)30-13-18(24(32)33)21(31)12-20(30)23(15)17(10-14)16-7-5-6-8-19(16)26(27,28)29/h5-9,12-14,22H,10-11H2,1-4H3,(H,32,33). The second-order valence-corrected chi connectivity index (χ2v) is 10.0. The van der Waals surface area contributed by atoms with E-state index in [9.17, 15) is 27.9 Å². The Balaban J connectivity index is 2.10. The summed E-state index contributed by atoms with van der Waals surface area (Å²) in [7, 11) is 0. The van der Waals surface area contributed by atoms with E-state index >= 15 is 0 Å². The molecule has 1 aliphatic carbocycles. The van der Waals surface area contributed by atoms with Gasteiger partial charge in [0.1, 0.15) is 5.56 Å². The van der Waals surface area contributed by atoms with Gasteiger partial charge in [0.2, 0.25) is 0 Å². The number of aromatic nitrogens is 1. The summed E-state index contributed by atoms with van der Waals surface area (Å²) in [6.07, 6.45) is -0.168. The van der Waals surface area contributed by atoms with Gasteiger partial charge in [-0.15, -0.1) is 0 Å². The van der Waals surface area contributed by atoms with Crippen LogP contribution in [0.3, 0.4) is 0 Å².